The Morgan fingerprint density at radius 1 is 1.22 bits per heavy atom. The highest BCUT2D eigenvalue weighted by atomic mass is 16.2. The molecule has 2 heterocycles. The molecule has 1 amide bonds. The van der Waals surface area contributed by atoms with Gasteiger partial charge in [-0.05, 0) is 32.2 Å². The molecule has 1 aliphatic heterocycles. The molecule has 0 bridgehead atoms. The zero-order valence-corrected chi connectivity index (χ0v) is 10.4. The first-order chi connectivity index (χ1) is 8.83. The molecule has 18 heavy (non-hydrogen) atoms. The van der Waals surface area contributed by atoms with Crippen molar-refractivity contribution in [2.45, 2.75) is 44.1 Å². The molecule has 1 aromatic rings. The normalized spacial score (nSPS) is 23.7. The van der Waals surface area contributed by atoms with Crippen molar-refractivity contribution in [3.63, 3.8) is 0 Å². The van der Waals surface area contributed by atoms with E-state index in [2.05, 4.69) is 20.6 Å². The van der Waals surface area contributed by atoms with Crippen LogP contribution in [0.3, 0.4) is 0 Å². The predicted molar refractivity (Wildman–Crippen MR) is 68.3 cm³/mol. The van der Waals surface area contributed by atoms with Crippen LogP contribution in [-0.2, 0) is 4.79 Å². The minimum Gasteiger partial charge on any atom is -0.308 e. The molecule has 2 N–H and O–H groups in total. The quantitative estimate of drug-likeness (QED) is 0.846. The summed E-state index contributed by atoms with van der Waals surface area (Å²) in [5.41, 5.74) is 1.05. The number of anilines is 1. The third-order valence-corrected chi connectivity index (χ3v) is 3.55. The van der Waals surface area contributed by atoms with Gasteiger partial charge >= 0.3 is 0 Å². The topological polar surface area (TPSA) is 66.9 Å². The van der Waals surface area contributed by atoms with Gasteiger partial charge in [-0.15, -0.1) is 0 Å². The Morgan fingerprint density at radius 3 is 2.72 bits per heavy atom. The lowest BCUT2D eigenvalue weighted by molar-refractivity contribution is -0.118. The van der Waals surface area contributed by atoms with Crippen molar-refractivity contribution < 1.29 is 4.79 Å². The molecular weight excluding hydrogens is 228 g/mol. The smallest absolute Gasteiger partial charge is 0.242 e. The van der Waals surface area contributed by atoms with Crippen molar-refractivity contribution in [2.75, 3.05) is 11.9 Å². The van der Waals surface area contributed by atoms with Crippen LogP contribution in [-0.4, -0.2) is 28.5 Å². The summed E-state index contributed by atoms with van der Waals surface area (Å²) in [4.78, 5) is 20.6. The Labute approximate surface area is 106 Å². The zero-order chi connectivity index (χ0) is 12.4. The molecule has 0 spiro atoms. The van der Waals surface area contributed by atoms with E-state index in [1.807, 2.05) is 0 Å². The lowest BCUT2D eigenvalue weighted by Crippen LogP contribution is -2.43. The van der Waals surface area contributed by atoms with Gasteiger partial charge in [0.2, 0.25) is 5.91 Å². The molecule has 1 saturated heterocycles. The standard InChI is InChI=1S/C13H18N4O/c18-13(10-3-1-2-6-14-10)17-12-8-15-11(7-16-12)9-4-5-9/h7-10,14H,1-6H2,(H,16,17,18)/t10-/m1/s1. The molecule has 1 saturated carbocycles. The lowest BCUT2D eigenvalue weighted by atomic mass is 10.0. The molecule has 3 rings (SSSR count). The summed E-state index contributed by atoms with van der Waals surface area (Å²) in [6.07, 6.45) is 9.03. The Balaban J connectivity index is 1.59. The van der Waals surface area contributed by atoms with Crippen LogP contribution in [0.4, 0.5) is 5.82 Å². The summed E-state index contributed by atoms with van der Waals surface area (Å²) < 4.78 is 0. The summed E-state index contributed by atoms with van der Waals surface area (Å²) >= 11 is 0. The van der Waals surface area contributed by atoms with Crippen LogP contribution in [0.25, 0.3) is 0 Å². The van der Waals surface area contributed by atoms with Gasteiger partial charge in [0.1, 0.15) is 0 Å². The first-order valence-electron chi connectivity index (χ1n) is 6.69. The first kappa shape index (κ1) is 11.6. The number of piperidine rings is 1. The third-order valence-electron chi connectivity index (χ3n) is 3.55. The van der Waals surface area contributed by atoms with Crippen molar-refractivity contribution in [1.82, 2.24) is 15.3 Å². The summed E-state index contributed by atoms with van der Waals surface area (Å²) in [7, 11) is 0. The number of aromatic nitrogens is 2. The Hall–Kier alpha value is -1.49. The van der Waals surface area contributed by atoms with Crippen molar-refractivity contribution in [2.24, 2.45) is 0 Å². The van der Waals surface area contributed by atoms with Gasteiger partial charge in [-0.1, -0.05) is 6.42 Å². The largest absolute Gasteiger partial charge is 0.308 e. The van der Waals surface area contributed by atoms with E-state index >= 15 is 0 Å². The number of nitrogens with one attached hydrogen (secondary N) is 2. The second-order valence-corrected chi connectivity index (χ2v) is 5.09. The van der Waals surface area contributed by atoms with E-state index in [1.54, 1.807) is 12.4 Å². The number of hydrogen-bond acceptors (Lipinski definition) is 4. The predicted octanol–water partition coefficient (Wildman–Crippen LogP) is 1.43. The molecule has 5 nitrogen and oxygen atoms in total. The van der Waals surface area contributed by atoms with Gasteiger partial charge in [-0.2, -0.15) is 0 Å². The molecule has 96 valence electrons. The van der Waals surface area contributed by atoms with E-state index in [4.69, 9.17) is 0 Å². The maximum atomic E-state index is 12.0. The van der Waals surface area contributed by atoms with Crippen molar-refractivity contribution in [3.05, 3.63) is 18.1 Å². The van der Waals surface area contributed by atoms with E-state index in [1.165, 1.54) is 12.8 Å². The second kappa shape index (κ2) is 5.02. The van der Waals surface area contributed by atoms with E-state index in [0.29, 0.717) is 11.7 Å². The minimum atomic E-state index is -0.0799. The summed E-state index contributed by atoms with van der Waals surface area (Å²) in [5.74, 6) is 1.15. The van der Waals surface area contributed by atoms with Gasteiger partial charge in [0.15, 0.2) is 5.82 Å². The van der Waals surface area contributed by atoms with Crippen LogP contribution in [0.5, 0.6) is 0 Å². The lowest BCUT2D eigenvalue weighted by Gasteiger charge is -2.22. The number of carbonyl (C=O) groups is 1. The number of nitrogens with zero attached hydrogens (tertiary/aromatic N) is 2. The Kier molecular flexibility index (Phi) is 3.23. The molecule has 0 aromatic carbocycles. The Bertz CT molecular complexity index is 421. The molecule has 5 heteroatoms. The van der Waals surface area contributed by atoms with Crippen LogP contribution in [0.15, 0.2) is 12.4 Å². The highest BCUT2D eigenvalue weighted by Crippen LogP contribution is 2.38. The number of hydrogen-bond donors (Lipinski definition) is 2. The summed E-state index contributed by atoms with van der Waals surface area (Å²) in [6, 6.07) is -0.0799. The van der Waals surface area contributed by atoms with Gasteiger partial charge in [0.25, 0.3) is 0 Å². The van der Waals surface area contributed by atoms with Gasteiger partial charge in [0, 0.05) is 5.92 Å². The molecule has 0 radical (unpaired) electrons. The highest BCUT2D eigenvalue weighted by molar-refractivity contribution is 5.93. The van der Waals surface area contributed by atoms with E-state index in [0.717, 1.165) is 31.5 Å². The average molecular weight is 246 g/mol. The molecule has 2 aliphatic rings. The van der Waals surface area contributed by atoms with Gasteiger partial charge < -0.3 is 10.6 Å². The summed E-state index contributed by atoms with van der Waals surface area (Å²) in [5, 5.41) is 6.04. The highest BCUT2D eigenvalue weighted by Gasteiger charge is 2.25. The molecule has 1 aliphatic carbocycles. The molecule has 2 fully saturated rings. The SMILES string of the molecule is O=C(Nc1cnc(C2CC2)cn1)[C@H]1CCCCN1. The zero-order valence-electron chi connectivity index (χ0n) is 10.4. The van der Waals surface area contributed by atoms with Crippen LogP contribution in [0.1, 0.15) is 43.7 Å². The molecule has 1 atom stereocenters. The van der Waals surface area contributed by atoms with Crippen molar-refractivity contribution in [3.8, 4) is 0 Å². The van der Waals surface area contributed by atoms with E-state index < -0.39 is 0 Å². The first-order valence-corrected chi connectivity index (χ1v) is 6.69. The van der Waals surface area contributed by atoms with Gasteiger partial charge in [-0.3, -0.25) is 9.78 Å². The molecule has 0 unspecified atom stereocenters. The van der Waals surface area contributed by atoms with Gasteiger partial charge in [-0.25, -0.2) is 4.98 Å². The fourth-order valence-corrected chi connectivity index (χ4v) is 2.28. The average Bonchev–Trinajstić information content (AvgIpc) is 3.25. The maximum absolute atomic E-state index is 12.0. The third kappa shape index (κ3) is 2.67. The fourth-order valence-electron chi connectivity index (χ4n) is 2.28. The minimum absolute atomic E-state index is 0.00294. The van der Waals surface area contributed by atoms with Crippen LogP contribution >= 0.6 is 0 Å². The van der Waals surface area contributed by atoms with Crippen LogP contribution in [0.2, 0.25) is 0 Å². The van der Waals surface area contributed by atoms with Crippen LogP contribution in [0, 0.1) is 0 Å². The fraction of sp³-hybridized carbons (Fsp3) is 0.615. The second-order valence-electron chi connectivity index (χ2n) is 5.09. The van der Waals surface area contributed by atoms with E-state index in [9.17, 15) is 4.79 Å². The molecule has 1 aromatic heterocycles. The summed E-state index contributed by atoms with van der Waals surface area (Å²) in [6.45, 7) is 0.921. The number of rotatable bonds is 3. The molecular formula is C13H18N4O. The van der Waals surface area contributed by atoms with Crippen LogP contribution < -0.4 is 10.6 Å². The monoisotopic (exact) mass is 246 g/mol. The van der Waals surface area contributed by atoms with Gasteiger partial charge in [0.05, 0.1) is 24.1 Å². The maximum Gasteiger partial charge on any atom is 0.242 e. The number of carbonyl (C=O) groups excluding carboxylic acids is 1. The van der Waals surface area contributed by atoms with Crippen molar-refractivity contribution in [1.29, 1.82) is 0 Å². The van der Waals surface area contributed by atoms with Crippen molar-refractivity contribution >= 4 is 11.7 Å². The van der Waals surface area contributed by atoms with E-state index in [-0.39, 0.29) is 11.9 Å². The Morgan fingerprint density at radius 2 is 2.11 bits per heavy atom. The number of amides is 1.